The fraction of sp³-hybridized carbons (Fsp3) is 0.381. The Kier molecular flexibility index (Phi) is 6.03. The van der Waals surface area contributed by atoms with Crippen LogP contribution in [0.2, 0.25) is 0 Å². The second-order valence-electron chi connectivity index (χ2n) is 7.03. The molecule has 0 aromatic heterocycles. The quantitative estimate of drug-likeness (QED) is 0.692. The first-order valence-electron chi connectivity index (χ1n) is 9.18. The zero-order valence-corrected chi connectivity index (χ0v) is 15.5. The highest BCUT2D eigenvalue weighted by atomic mass is 19.4. The van der Waals surface area contributed by atoms with Gasteiger partial charge < -0.3 is 4.90 Å². The molecular formula is C21H22F4N2O. The van der Waals surface area contributed by atoms with Gasteiger partial charge in [0.15, 0.2) is 0 Å². The van der Waals surface area contributed by atoms with Crippen LogP contribution in [0.15, 0.2) is 48.5 Å². The second-order valence-corrected chi connectivity index (χ2v) is 7.03. The summed E-state index contributed by atoms with van der Waals surface area (Å²) in [6.45, 7) is 2.86. The highest BCUT2D eigenvalue weighted by Crippen LogP contribution is 2.33. The molecule has 0 N–H and O–H groups in total. The third-order valence-electron chi connectivity index (χ3n) is 5.08. The lowest BCUT2D eigenvalue weighted by Gasteiger charge is -2.38. The van der Waals surface area contributed by atoms with Gasteiger partial charge in [0.2, 0.25) is 5.91 Å². The van der Waals surface area contributed by atoms with Gasteiger partial charge in [0.1, 0.15) is 5.82 Å². The number of anilines is 1. The molecule has 1 heterocycles. The maximum absolute atomic E-state index is 13.2. The van der Waals surface area contributed by atoms with E-state index in [1.165, 1.54) is 31.2 Å². The lowest BCUT2D eigenvalue weighted by Crippen LogP contribution is -2.46. The average molecular weight is 394 g/mol. The molecule has 0 atom stereocenters. The van der Waals surface area contributed by atoms with Crippen LogP contribution in [0.1, 0.15) is 30.9 Å². The van der Waals surface area contributed by atoms with E-state index in [0.29, 0.717) is 31.6 Å². The van der Waals surface area contributed by atoms with Gasteiger partial charge in [0.05, 0.1) is 5.56 Å². The molecule has 2 aromatic carbocycles. The van der Waals surface area contributed by atoms with Gasteiger partial charge in [-0.2, -0.15) is 13.2 Å². The summed E-state index contributed by atoms with van der Waals surface area (Å²) in [7, 11) is 0. The number of halogens is 4. The Hall–Kier alpha value is -2.41. The van der Waals surface area contributed by atoms with E-state index in [0.717, 1.165) is 6.07 Å². The minimum Gasteiger partial charge on any atom is -0.310 e. The number of likely N-dealkylation sites (tertiary alicyclic amines) is 1. The standard InChI is InChI=1S/C21H22F4N2O/c1-15(28)27(18-8-6-17(22)7-9-18)19-10-12-26(13-11-19)14-16-4-2-3-5-20(16)21(23,24)25/h2-9,19H,10-14H2,1H3. The summed E-state index contributed by atoms with van der Waals surface area (Å²) in [5.74, 6) is -0.502. The van der Waals surface area contributed by atoms with Gasteiger partial charge in [-0.1, -0.05) is 18.2 Å². The number of alkyl halides is 3. The van der Waals surface area contributed by atoms with Crippen molar-refractivity contribution in [2.24, 2.45) is 0 Å². The molecule has 0 radical (unpaired) electrons. The molecule has 1 aliphatic rings. The molecule has 0 aliphatic carbocycles. The lowest BCUT2D eigenvalue weighted by atomic mass is 10.00. The maximum Gasteiger partial charge on any atom is 0.416 e. The number of carbonyl (C=O) groups is 1. The van der Waals surface area contributed by atoms with Gasteiger partial charge in [-0.15, -0.1) is 0 Å². The minimum atomic E-state index is -4.37. The Balaban J connectivity index is 1.67. The van der Waals surface area contributed by atoms with Crippen molar-refractivity contribution in [3.05, 3.63) is 65.5 Å². The first-order valence-corrected chi connectivity index (χ1v) is 9.18. The van der Waals surface area contributed by atoms with Crippen molar-refractivity contribution in [3.8, 4) is 0 Å². The van der Waals surface area contributed by atoms with Crippen LogP contribution in [0.5, 0.6) is 0 Å². The van der Waals surface area contributed by atoms with E-state index in [1.807, 2.05) is 4.90 Å². The van der Waals surface area contributed by atoms with Crippen LogP contribution in [0.3, 0.4) is 0 Å². The molecule has 0 bridgehead atoms. The van der Waals surface area contributed by atoms with Crippen molar-refractivity contribution in [1.29, 1.82) is 0 Å². The lowest BCUT2D eigenvalue weighted by molar-refractivity contribution is -0.138. The monoisotopic (exact) mass is 394 g/mol. The molecular weight excluding hydrogens is 372 g/mol. The summed E-state index contributed by atoms with van der Waals surface area (Å²) in [6, 6.07) is 11.3. The van der Waals surface area contributed by atoms with Gasteiger partial charge in [-0.25, -0.2) is 4.39 Å². The molecule has 28 heavy (non-hydrogen) atoms. The summed E-state index contributed by atoms with van der Waals surface area (Å²) in [5.41, 5.74) is 0.291. The Morgan fingerprint density at radius 1 is 1.07 bits per heavy atom. The number of hydrogen-bond donors (Lipinski definition) is 0. The van der Waals surface area contributed by atoms with Crippen molar-refractivity contribution in [2.75, 3.05) is 18.0 Å². The van der Waals surface area contributed by atoms with Crippen LogP contribution in [-0.2, 0) is 17.5 Å². The first-order chi connectivity index (χ1) is 13.3. The molecule has 3 nitrogen and oxygen atoms in total. The van der Waals surface area contributed by atoms with E-state index in [1.54, 1.807) is 23.1 Å². The van der Waals surface area contributed by atoms with Crippen LogP contribution < -0.4 is 4.90 Å². The molecule has 150 valence electrons. The predicted octanol–water partition coefficient (Wildman–Crippen LogP) is 4.86. The van der Waals surface area contributed by atoms with Crippen LogP contribution >= 0.6 is 0 Å². The molecule has 1 fully saturated rings. The van der Waals surface area contributed by atoms with Crippen LogP contribution in [-0.4, -0.2) is 29.9 Å². The summed E-state index contributed by atoms with van der Waals surface area (Å²) < 4.78 is 52.7. The van der Waals surface area contributed by atoms with Crippen molar-refractivity contribution < 1.29 is 22.4 Å². The smallest absolute Gasteiger partial charge is 0.310 e. The number of piperidine rings is 1. The van der Waals surface area contributed by atoms with E-state index >= 15 is 0 Å². The summed E-state index contributed by atoms with van der Waals surface area (Å²) in [5, 5.41) is 0. The van der Waals surface area contributed by atoms with Gasteiger partial charge >= 0.3 is 6.18 Å². The van der Waals surface area contributed by atoms with E-state index in [4.69, 9.17) is 0 Å². The van der Waals surface area contributed by atoms with Gasteiger partial charge in [0, 0.05) is 38.3 Å². The molecule has 1 amide bonds. The minimum absolute atomic E-state index is 0.0583. The average Bonchev–Trinajstić information content (AvgIpc) is 2.64. The van der Waals surface area contributed by atoms with Gasteiger partial charge in [-0.05, 0) is 48.7 Å². The Morgan fingerprint density at radius 3 is 2.25 bits per heavy atom. The fourth-order valence-corrected chi connectivity index (χ4v) is 3.76. The highest BCUT2D eigenvalue weighted by Gasteiger charge is 2.34. The second kappa shape index (κ2) is 8.31. The van der Waals surface area contributed by atoms with Crippen molar-refractivity contribution in [2.45, 2.75) is 38.5 Å². The maximum atomic E-state index is 13.2. The summed E-state index contributed by atoms with van der Waals surface area (Å²) >= 11 is 0. The summed E-state index contributed by atoms with van der Waals surface area (Å²) in [4.78, 5) is 15.8. The zero-order chi connectivity index (χ0) is 20.3. The van der Waals surface area contributed by atoms with E-state index < -0.39 is 11.7 Å². The number of hydrogen-bond acceptors (Lipinski definition) is 2. The third kappa shape index (κ3) is 4.70. The molecule has 1 saturated heterocycles. The third-order valence-corrected chi connectivity index (χ3v) is 5.08. The predicted molar refractivity (Wildman–Crippen MR) is 99.3 cm³/mol. The fourth-order valence-electron chi connectivity index (χ4n) is 3.76. The number of nitrogens with zero attached hydrogens (tertiary/aromatic N) is 2. The number of amides is 1. The molecule has 2 aromatic rings. The van der Waals surface area contributed by atoms with Crippen molar-refractivity contribution in [3.63, 3.8) is 0 Å². The zero-order valence-electron chi connectivity index (χ0n) is 15.5. The van der Waals surface area contributed by atoms with Crippen molar-refractivity contribution >= 4 is 11.6 Å². The van der Waals surface area contributed by atoms with Gasteiger partial charge in [-0.3, -0.25) is 9.69 Å². The molecule has 7 heteroatoms. The van der Waals surface area contributed by atoms with E-state index in [2.05, 4.69) is 0 Å². The van der Waals surface area contributed by atoms with Crippen LogP contribution in [0, 0.1) is 5.82 Å². The summed E-state index contributed by atoms with van der Waals surface area (Å²) in [6.07, 6.45) is -3.08. The van der Waals surface area contributed by atoms with Crippen molar-refractivity contribution in [1.82, 2.24) is 4.90 Å². The Labute approximate surface area is 161 Å². The number of rotatable bonds is 4. The van der Waals surface area contributed by atoms with Gasteiger partial charge in [0.25, 0.3) is 0 Å². The molecule has 0 saturated carbocycles. The molecule has 0 unspecified atom stereocenters. The topological polar surface area (TPSA) is 23.6 Å². The normalized spacial score (nSPS) is 16.2. The first kappa shape index (κ1) is 20.3. The van der Waals surface area contributed by atoms with E-state index in [-0.39, 0.29) is 29.9 Å². The molecule has 3 rings (SSSR count). The Morgan fingerprint density at radius 2 is 1.68 bits per heavy atom. The SMILES string of the molecule is CC(=O)N(c1ccc(F)cc1)C1CCN(Cc2ccccc2C(F)(F)F)CC1. The Bertz CT molecular complexity index is 812. The number of carbonyl (C=O) groups excluding carboxylic acids is 1. The van der Waals surface area contributed by atoms with E-state index in [9.17, 15) is 22.4 Å². The van der Waals surface area contributed by atoms with Crippen LogP contribution in [0.4, 0.5) is 23.2 Å². The molecule has 1 aliphatic heterocycles. The van der Waals surface area contributed by atoms with Crippen LogP contribution in [0.25, 0.3) is 0 Å². The highest BCUT2D eigenvalue weighted by molar-refractivity contribution is 5.92. The number of benzene rings is 2. The largest absolute Gasteiger partial charge is 0.416 e. The molecule has 0 spiro atoms.